The molecule has 0 spiro atoms. The maximum atomic E-state index is 11.2. The molecule has 1 rings (SSSR count). The molecular weight excluding hydrogens is 162 g/mol. The number of thiocarbonyl (C=S) groups is 1. The molecule has 3 nitrogen and oxygen atoms in total. The number of hydrogen-bond acceptors (Lipinski definition) is 3. The Morgan fingerprint density at radius 3 is 2.82 bits per heavy atom. The van der Waals surface area contributed by atoms with Gasteiger partial charge >= 0.3 is 0 Å². The Hall–Kier alpha value is -0.900. The van der Waals surface area contributed by atoms with E-state index in [2.05, 4.69) is 6.58 Å². The van der Waals surface area contributed by atoms with Crippen LogP contribution in [0, 0.1) is 0 Å². The zero-order valence-corrected chi connectivity index (χ0v) is 7.11. The van der Waals surface area contributed by atoms with Gasteiger partial charge in [0.15, 0.2) is 0 Å². The topological polar surface area (TPSA) is 29.5 Å². The molecule has 1 aliphatic rings. The summed E-state index contributed by atoms with van der Waals surface area (Å²) < 4.78 is 4.93. The summed E-state index contributed by atoms with van der Waals surface area (Å²) in [5.74, 6) is -0.146. The molecule has 1 saturated heterocycles. The Morgan fingerprint density at radius 2 is 2.45 bits per heavy atom. The van der Waals surface area contributed by atoms with Crippen LogP contribution in [0.4, 0.5) is 0 Å². The fraction of sp³-hybridized carbons (Fsp3) is 0.429. The first kappa shape index (κ1) is 8.20. The summed E-state index contributed by atoms with van der Waals surface area (Å²) in [6.45, 7) is 6.23. The van der Waals surface area contributed by atoms with Gasteiger partial charge < -0.3 is 4.74 Å². The zero-order valence-electron chi connectivity index (χ0n) is 6.29. The quantitative estimate of drug-likeness (QED) is 0.430. The largest absolute Gasteiger partial charge is 0.469 e. The van der Waals surface area contributed by atoms with E-state index in [1.807, 2.05) is 0 Å². The van der Waals surface area contributed by atoms with Gasteiger partial charge in [-0.2, -0.15) is 0 Å². The average Bonchev–Trinajstić information content (AvgIpc) is 2.33. The summed E-state index contributed by atoms with van der Waals surface area (Å²) in [7, 11) is 0. The van der Waals surface area contributed by atoms with Crippen LogP contribution in [0.3, 0.4) is 0 Å². The second-order valence-electron chi connectivity index (χ2n) is 2.35. The van der Waals surface area contributed by atoms with E-state index in [9.17, 15) is 4.79 Å². The molecule has 0 bridgehead atoms. The maximum Gasteiger partial charge on any atom is 0.266 e. The highest BCUT2D eigenvalue weighted by Gasteiger charge is 2.24. The van der Waals surface area contributed by atoms with Crippen LogP contribution < -0.4 is 0 Å². The smallest absolute Gasteiger partial charge is 0.266 e. The lowest BCUT2D eigenvalue weighted by Crippen LogP contribution is -2.31. The molecule has 11 heavy (non-hydrogen) atoms. The molecule has 0 aromatic rings. The third-order valence-electron chi connectivity index (χ3n) is 1.37. The van der Waals surface area contributed by atoms with Gasteiger partial charge in [-0.1, -0.05) is 6.58 Å². The van der Waals surface area contributed by atoms with Gasteiger partial charge in [0, 0.05) is 5.57 Å². The van der Waals surface area contributed by atoms with Gasteiger partial charge in [0.2, 0.25) is 0 Å². The lowest BCUT2D eigenvalue weighted by Gasteiger charge is -2.11. The van der Waals surface area contributed by atoms with E-state index in [4.69, 9.17) is 17.0 Å². The van der Waals surface area contributed by atoms with Gasteiger partial charge in [0.05, 0.1) is 6.54 Å². The SMILES string of the molecule is C=C(C)C(=O)N1CCOC1=S. The molecule has 4 heteroatoms. The van der Waals surface area contributed by atoms with Gasteiger partial charge in [0.25, 0.3) is 11.1 Å². The fourth-order valence-corrected chi connectivity index (χ4v) is 1.07. The normalized spacial score (nSPS) is 16.5. The minimum Gasteiger partial charge on any atom is -0.469 e. The van der Waals surface area contributed by atoms with Crippen molar-refractivity contribution in [3.05, 3.63) is 12.2 Å². The monoisotopic (exact) mass is 171 g/mol. The van der Waals surface area contributed by atoms with Crippen molar-refractivity contribution < 1.29 is 9.53 Å². The minimum absolute atomic E-state index is 0.146. The molecule has 0 unspecified atom stereocenters. The molecule has 0 saturated carbocycles. The van der Waals surface area contributed by atoms with Gasteiger partial charge in [-0.3, -0.25) is 9.69 Å². The third-order valence-corrected chi connectivity index (χ3v) is 1.71. The Labute approximate surface area is 70.6 Å². The number of carbonyl (C=O) groups is 1. The van der Waals surface area contributed by atoms with Crippen molar-refractivity contribution >= 4 is 23.3 Å². The molecule has 0 aromatic heterocycles. The Morgan fingerprint density at radius 1 is 1.82 bits per heavy atom. The first-order valence-electron chi connectivity index (χ1n) is 3.27. The average molecular weight is 171 g/mol. The Bertz CT molecular complexity index is 224. The van der Waals surface area contributed by atoms with E-state index in [1.54, 1.807) is 6.92 Å². The number of nitrogens with zero attached hydrogens (tertiary/aromatic N) is 1. The van der Waals surface area contributed by atoms with Crippen LogP contribution in [0.15, 0.2) is 12.2 Å². The van der Waals surface area contributed by atoms with Crippen LogP contribution in [0.5, 0.6) is 0 Å². The molecule has 0 atom stereocenters. The highest BCUT2D eigenvalue weighted by atomic mass is 32.1. The zero-order chi connectivity index (χ0) is 8.43. The number of rotatable bonds is 1. The lowest BCUT2D eigenvalue weighted by molar-refractivity contribution is -0.122. The molecule has 0 aliphatic carbocycles. The minimum atomic E-state index is -0.146. The molecule has 1 fully saturated rings. The molecular formula is C7H9NO2S. The van der Waals surface area contributed by atoms with Crippen molar-refractivity contribution in [1.82, 2.24) is 4.90 Å². The van der Waals surface area contributed by atoms with Crippen molar-refractivity contribution in [3.63, 3.8) is 0 Å². The molecule has 1 amide bonds. The molecule has 60 valence electrons. The standard InChI is InChI=1S/C7H9NO2S/c1-5(2)6(9)8-3-4-10-7(8)11/h1,3-4H2,2H3. The molecule has 1 aliphatic heterocycles. The third kappa shape index (κ3) is 1.57. The first-order valence-corrected chi connectivity index (χ1v) is 3.68. The van der Waals surface area contributed by atoms with Gasteiger partial charge in [0.1, 0.15) is 6.61 Å². The van der Waals surface area contributed by atoms with Crippen LogP contribution in [-0.4, -0.2) is 29.1 Å². The van der Waals surface area contributed by atoms with Crippen LogP contribution in [0.25, 0.3) is 0 Å². The van der Waals surface area contributed by atoms with Crippen LogP contribution >= 0.6 is 12.2 Å². The van der Waals surface area contributed by atoms with Crippen molar-refractivity contribution in [1.29, 1.82) is 0 Å². The fourth-order valence-electron chi connectivity index (χ4n) is 0.808. The lowest BCUT2D eigenvalue weighted by atomic mass is 10.3. The summed E-state index contributed by atoms with van der Waals surface area (Å²) in [6.07, 6.45) is 0. The highest BCUT2D eigenvalue weighted by Crippen LogP contribution is 2.07. The summed E-state index contributed by atoms with van der Waals surface area (Å²) in [5.41, 5.74) is 0.484. The van der Waals surface area contributed by atoms with E-state index in [1.165, 1.54) is 4.90 Å². The Kier molecular flexibility index (Phi) is 2.24. The Balaban J connectivity index is 2.67. The number of hydrogen-bond donors (Lipinski definition) is 0. The summed E-state index contributed by atoms with van der Waals surface area (Å²) in [5, 5.41) is 0.262. The van der Waals surface area contributed by atoms with E-state index in [0.717, 1.165) is 0 Å². The molecule has 0 radical (unpaired) electrons. The van der Waals surface area contributed by atoms with E-state index in [0.29, 0.717) is 18.7 Å². The summed E-state index contributed by atoms with van der Waals surface area (Å²) in [6, 6.07) is 0. The van der Waals surface area contributed by atoms with Crippen molar-refractivity contribution in [2.75, 3.05) is 13.2 Å². The van der Waals surface area contributed by atoms with Crippen LogP contribution in [-0.2, 0) is 9.53 Å². The van der Waals surface area contributed by atoms with E-state index >= 15 is 0 Å². The van der Waals surface area contributed by atoms with Gasteiger partial charge in [-0.15, -0.1) is 0 Å². The van der Waals surface area contributed by atoms with E-state index in [-0.39, 0.29) is 11.1 Å². The number of ether oxygens (including phenoxy) is 1. The highest BCUT2D eigenvalue weighted by molar-refractivity contribution is 7.80. The number of carbonyl (C=O) groups excluding carboxylic acids is 1. The van der Waals surface area contributed by atoms with Crippen LogP contribution in [0.2, 0.25) is 0 Å². The molecule has 0 aromatic carbocycles. The van der Waals surface area contributed by atoms with Crippen LogP contribution in [0.1, 0.15) is 6.92 Å². The predicted molar refractivity (Wildman–Crippen MR) is 45.1 cm³/mol. The molecule has 0 N–H and O–H groups in total. The summed E-state index contributed by atoms with van der Waals surface area (Å²) >= 11 is 4.78. The summed E-state index contributed by atoms with van der Waals surface area (Å²) in [4.78, 5) is 12.6. The number of amides is 1. The predicted octanol–water partition coefficient (Wildman–Crippen LogP) is 0.706. The van der Waals surface area contributed by atoms with Gasteiger partial charge in [-0.25, -0.2) is 0 Å². The van der Waals surface area contributed by atoms with Crippen molar-refractivity contribution in [2.24, 2.45) is 0 Å². The van der Waals surface area contributed by atoms with Gasteiger partial charge in [-0.05, 0) is 19.1 Å². The second kappa shape index (κ2) is 3.00. The maximum absolute atomic E-state index is 11.2. The first-order chi connectivity index (χ1) is 5.13. The second-order valence-corrected chi connectivity index (χ2v) is 2.70. The molecule has 1 heterocycles. The van der Waals surface area contributed by atoms with Crippen molar-refractivity contribution in [3.8, 4) is 0 Å². The van der Waals surface area contributed by atoms with E-state index < -0.39 is 0 Å². The van der Waals surface area contributed by atoms with Crippen molar-refractivity contribution in [2.45, 2.75) is 6.92 Å².